The normalized spacial score (nSPS) is 20.4. The topological polar surface area (TPSA) is 85.8 Å². The molecule has 0 spiro atoms. The molecule has 0 aromatic carbocycles. The van der Waals surface area contributed by atoms with Crippen LogP contribution in [-0.4, -0.2) is 77.0 Å². The van der Waals surface area contributed by atoms with E-state index in [0.717, 1.165) is 6.26 Å². The van der Waals surface area contributed by atoms with Crippen LogP contribution in [0.3, 0.4) is 0 Å². The highest BCUT2D eigenvalue weighted by molar-refractivity contribution is 7.88. The van der Waals surface area contributed by atoms with Crippen LogP contribution < -0.4 is 15.4 Å². The molecule has 11 heteroatoms. The molecule has 1 heterocycles. The number of alkyl halides is 3. The van der Waals surface area contributed by atoms with Gasteiger partial charge in [0, 0.05) is 38.8 Å². The maximum Gasteiger partial charge on any atom is 0.401 e. The molecule has 0 saturated carbocycles. The second kappa shape index (κ2) is 9.42. The minimum Gasteiger partial charge on any atom is -0.357 e. The van der Waals surface area contributed by atoms with E-state index in [4.69, 9.17) is 0 Å². The first-order valence-electron chi connectivity index (χ1n) is 7.87. The van der Waals surface area contributed by atoms with Crippen LogP contribution in [-0.2, 0) is 10.0 Å². The third kappa shape index (κ3) is 9.93. The van der Waals surface area contributed by atoms with E-state index in [1.54, 1.807) is 0 Å². The molecule has 3 N–H and O–H groups in total. The number of guanidine groups is 1. The van der Waals surface area contributed by atoms with Crippen molar-refractivity contribution in [1.29, 1.82) is 0 Å². The first-order chi connectivity index (χ1) is 11.1. The first-order valence-corrected chi connectivity index (χ1v) is 9.77. The first kappa shape index (κ1) is 21.0. The van der Waals surface area contributed by atoms with E-state index < -0.39 is 22.7 Å². The summed E-state index contributed by atoms with van der Waals surface area (Å²) in [4.78, 5) is 5.69. The van der Waals surface area contributed by atoms with E-state index in [0.29, 0.717) is 51.5 Å². The van der Waals surface area contributed by atoms with Crippen LogP contribution >= 0.6 is 0 Å². The molecule has 1 atom stereocenters. The average Bonchev–Trinajstić information content (AvgIpc) is 2.82. The predicted molar refractivity (Wildman–Crippen MR) is 87.5 cm³/mol. The lowest BCUT2D eigenvalue weighted by Gasteiger charge is -2.19. The minimum absolute atomic E-state index is 0.0840. The van der Waals surface area contributed by atoms with E-state index in [2.05, 4.69) is 20.3 Å². The van der Waals surface area contributed by atoms with E-state index in [1.807, 2.05) is 6.92 Å². The van der Waals surface area contributed by atoms with Crippen LogP contribution in [0.1, 0.15) is 19.8 Å². The van der Waals surface area contributed by atoms with Gasteiger partial charge in [0.05, 0.1) is 12.8 Å². The molecule has 0 aromatic rings. The fourth-order valence-electron chi connectivity index (χ4n) is 2.39. The summed E-state index contributed by atoms with van der Waals surface area (Å²) >= 11 is 0. The van der Waals surface area contributed by atoms with Gasteiger partial charge in [0.25, 0.3) is 0 Å². The van der Waals surface area contributed by atoms with Crippen LogP contribution in [0.15, 0.2) is 4.99 Å². The molecule has 1 aliphatic heterocycles. The minimum atomic E-state index is -4.18. The number of aliphatic imine (C=N–C) groups is 1. The number of nitrogens with one attached hydrogen (secondary N) is 3. The molecule has 1 fully saturated rings. The Kier molecular flexibility index (Phi) is 8.23. The molecule has 24 heavy (non-hydrogen) atoms. The van der Waals surface area contributed by atoms with Gasteiger partial charge in [-0.3, -0.25) is 9.89 Å². The van der Waals surface area contributed by atoms with Crippen LogP contribution in [0.4, 0.5) is 13.2 Å². The lowest BCUT2D eigenvalue weighted by atomic mass is 10.3. The Morgan fingerprint density at radius 2 is 2.08 bits per heavy atom. The van der Waals surface area contributed by atoms with Crippen molar-refractivity contribution >= 4 is 16.0 Å². The lowest BCUT2D eigenvalue weighted by molar-refractivity contribution is -0.143. The molecule has 1 saturated heterocycles. The Labute approximate surface area is 141 Å². The largest absolute Gasteiger partial charge is 0.401 e. The van der Waals surface area contributed by atoms with E-state index in [1.165, 1.54) is 4.90 Å². The zero-order valence-corrected chi connectivity index (χ0v) is 14.8. The molecule has 0 bridgehead atoms. The summed E-state index contributed by atoms with van der Waals surface area (Å²) in [5.41, 5.74) is 0. The smallest absolute Gasteiger partial charge is 0.357 e. The van der Waals surface area contributed by atoms with Gasteiger partial charge in [-0.25, -0.2) is 13.1 Å². The van der Waals surface area contributed by atoms with Crippen molar-refractivity contribution in [3.63, 3.8) is 0 Å². The summed E-state index contributed by atoms with van der Waals surface area (Å²) in [5.74, 6) is 0.538. The summed E-state index contributed by atoms with van der Waals surface area (Å²) in [6, 6.07) is -0.0840. The number of hydrogen-bond acceptors (Lipinski definition) is 4. The van der Waals surface area contributed by atoms with Gasteiger partial charge < -0.3 is 10.6 Å². The Morgan fingerprint density at radius 1 is 1.38 bits per heavy atom. The Morgan fingerprint density at radius 3 is 2.67 bits per heavy atom. The molecule has 1 rings (SSSR count). The molecular formula is C13H26F3N5O2S. The van der Waals surface area contributed by atoms with Crippen molar-refractivity contribution in [2.45, 2.75) is 32.0 Å². The number of halogens is 3. The third-order valence-corrected chi connectivity index (χ3v) is 4.06. The summed E-state index contributed by atoms with van der Waals surface area (Å²) < 4.78 is 61.4. The van der Waals surface area contributed by atoms with Gasteiger partial charge in [-0.15, -0.1) is 0 Å². The third-order valence-electron chi connectivity index (χ3n) is 3.33. The fourth-order valence-corrected chi connectivity index (χ4v) is 2.90. The van der Waals surface area contributed by atoms with Crippen molar-refractivity contribution in [3.05, 3.63) is 0 Å². The van der Waals surface area contributed by atoms with Crippen molar-refractivity contribution in [2.24, 2.45) is 4.99 Å². The molecule has 1 unspecified atom stereocenters. The highest BCUT2D eigenvalue weighted by atomic mass is 32.2. The highest BCUT2D eigenvalue weighted by Gasteiger charge is 2.34. The summed E-state index contributed by atoms with van der Waals surface area (Å²) in [7, 11) is -3.20. The number of sulfonamides is 1. The number of hydrogen-bond donors (Lipinski definition) is 3. The van der Waals surface area contributed by atoms with Gasteiger partial charge in [-0.2, -0.15) is 13.2 Å². The average molecular weight is 373 g/mol. The summed E-state index contributed by atoms with van der Waals surface area (Å²) in [5, 5.41) is 6.17. The lowest BCUT2D eigenvalue weighted by Crippen LogP contribution is -2.45. The fraction of sp³-hybridized carbons (Fsp3) is 0.923. The van der Waals surface area contributed by atoms with Crippen molar-refractivity contribution in [3.8, 4) is 0 Å². The van der Waals surface area contributed by atoms with E-state index >= 15 is 0 Å². The van der Waals surface area contributed by atoms with Gasteiger partial charge in [0.15, 0.2) is 5.96 Å². The zero-order chi connectivity index (χ0) is 18.2. The molecule has 1 aliphatic rings. The maximum atomic E-state index is 12.4. The SMILES string of the molecule is CCNC(=NCCCNS(C)(=O)=O)NC1CCN(CC(F)(F)F)C1. The van der Waals surface area contributed by atoms with Crippen molar-refractivity contribution in [1.82, 2.24) is 20.3 Å². The second-order valence-electron chi connectivity index (χ2n) is 5.76. The van der Waals surface area contributed by atoms with Gasteiger partial charge >= 0.3 is 6.18 Å². The number of likely N-dealkylation sites (tertiary alicyclic amines) is 1. The van der Waals surface area contributed by atoms with E-state index in [9.17, 15) is 21.6 Å². The zero-order valence-electron chi connectivity index (χ0n) is 14.0. The van der Waals surface area contributed by atoms with Crippen LogP contribution in [0.5, 0.6) is 0 Å². The van der Waals surface area contributed by atoms with Crippen molar-refractivity contribution in [2.75, 3.05) is 45.5 Å². The van der Waals surface area contributed by atoms with E-state index in [-0.39, 0.29) is 6.04 Å². The summed E-state index contributed by atoms with van der Waals surface area (Å²) in [6.45, 7) is 3.06. The van der Waals surface area contributed by atoms with Gasteiger partial charge in [-0.1, -0.05) is 0 Å². The molecule has 0 aliphatic carbocycles. The standard InChI is InChI=1S/C13H26F3N5O2S/c1-3-17-12(18-6-4-7-19-24(2,22)23)20-11-5-8-21(9-11)10-13(14,15)16/h11,19H,3-10H2,1-2H3,(H2,17,18,20). The Hall–Kier alpha value is -1.07. The second-order valence-corrected chi connectivity index (χ2v) is 7.59. The van der Waals surface area contributed by atoms with Crippen LogP contribution in [0.25, 0.3) is 0 Å². The molecule has 7 nitrogen and oxygen atoms in total. The molecular weight excluding hydrogens is 347 g/mol. The van der Waals surface area contributed by atoms with Gasteiger partial charge in [-0.05, 0) is 19.8 Å². The summed E-state index contributed by atoms with van der Waals surface area (Å²) in [6.07, 6.45) is -1.93. The van der Waals surface area contributed by atoms with Crippen LogP contribution in [0, 0.1) is 0 Å². The molecule has 142 valence electrons. The molecule has 0 amide bonds. The molecule has 0 radical (unpaired) electrons. The van der Waals surface area contributed by atoms with Gasteiger partial charge in [0.1, 0.15) is 0 Å². The maximum absolute atomic E-state index is 12.4. The number of rotatable bonds is 8. The van der Waals surface area contributed by atoms with Gasteiger partial charge in [0.2, 0.25) is 10.0 Å². The predicted octanol–water partition coefficient (Wildman–Crippen LogP) is 0.117. The number of nitrogens with zero attached hydrogens (tertiary/aromatic N) is 2. The Balaban J connectivity index is 2.38. The monoisotopic (exact) mass is 373 g/mol. The highest BCUT2D eigenvalue weighted by Crippen LogP contribution is 2.19. The van der Waals surface area contributed by atoms with Crippen LogP contribution in [0.2, 0.25) is 0 Å². The quantitative estimate of drug-likeness (QED) is 0.320. The molecule has 0 aromatic heterocycles. The Bertz CT molecular complexity index is 510. The van der Waals surface area contributed by atoms with Crippen molar-refractivity contribution < 1.29 is 21.6 Å².